The van der Waals surface area contributed by atoms with Crippen molar-refractivity contribution in [2.45, 2.75) is 31.6 Å². The number of aromatic nitrogens is 1. The summed E-state index contributed by atoms with van der Waals surface area (Å²) >= 11 is 0. The molecule has 1 fully saturated rings. The van der Waals surface area contributed by atoms with Crippen LogP contribution in [0.2, 0.25) is 0 Å². The smallest absolute Gasteiger partial charge is 0.330 e. The van der Waals surface area contributed by atoms with Crippen molar-refractivity contribution in [2.75, 3.05) is 13.7 Å². The van der Waals surface area contributed by atoms with Gasteiger partial charge in [-0.15, -0.1) is 0 Å². The first kappa shape index (κ1) is 14.3. The molecule has 20 heavy (non-hydrogen) atoms. The summed E-state index contributed by atoms with van der Waals surface area (Å²) in [7, 11) is 1.30. The van der Waals surface area contributed by atoms with Crippen LogP contribution in [0.15, 0.2) is 22.7 Å². The Morgan fingerprint density at radius 1 is 1.50 bits per heavy atom. The molecule has 1 aromatic heterocycles. The molecule has 0 bridgehead atoms. The SMILES string of the molecule is COC(=O)/C=C/CNC(=O)c1cc(C2CCCC2)no1. The monoisotopic (exact) mass is 278 g/mol. The van der Waals surface area contributed by atoms with Gasteiger partial charge in [0, 0.05) is 24.6 Å². The summed E-state index contributed by atoms with van der Waals surface area (Å²) < 4.78 is 9.50. The minimum absolute atomic E-state index is 0.207. The number of nitrogens with one attached hydrogen (secondary N) is 1. The van der Waals surface area contributed by atoms with Crippen LogP contribution in [0.4, 0.5) is 0 Å². The number of hydrogen-bond acceptors (Lipinski definition) is 5. The molecule has 0 radical (unpaired) electrons. The zero-order chi connectivity index (χ0) is 14.4. The number of esters is 1. The van der Waals surface area contributed by atoms with E-state index >= 15 is 0 Å². The molecule has 0 saturated heterocycles. The number of amides is 1. The maximum atomic E-state index is 11.8. The summed E-state index contributed by atoms with van der Waals surface area (Å²) in [5, 5.41) is 6.58. The lowest BCUT2D eigenvalue weighted by atomic mass is 10.0. The van der Waals surface area contributed by atoms with Crippen LogP contribution >= 0.6 is 0 Å². The quantitative estimate of drug-likeness (QED) is 0.656. The van der Waals surface area contributed by atoms with Crippen LogP contribution in [0.3, 0.4) is 0 Å². The first-order valence-electron chi connectivity index (χ1n) is 6.70. The molecule has 6 heteroatoms. The van der Waals surface area contributed by atoms with Gasteiger partial charge in [0.05, 0.1) is 12.8 Å². The number of rotatable bonds is 5. The van der Waals surface area contributed by atoms with Crippen molar-refractivity contribution < 1.29 is 18.8 Å². The van der Waals surface area contributed by atoms with Gasteiger partial charge in [-0.2, -0.15) is 0 Å². The molecule has 1 heterocycles. The molecule has 0 aromatic carbocycles. The average molecular weight is 278 g/mol. The van der Waals surface area contributed by atoms with Crippen LogP contribution in [0.25, 0.3) is 0 Å². The third kappa shape index (κ3) is 3.69. The predicted octanol–water partition coefficient (Wildman–Crippen LogP) is 1.79. The molecular weight excluding hydrogens is 260 g/mol. The molecule has 2 rings (SSSR count). The molecule has 108 valence electrons. The highest BCUT2D eigenvalue weighted by molar-refractivity contribution is 5.91. The van der Waals surface area contributed by atoms with Crippen LogP contribution in [-0.4, -0.2) is 30.7 Å². The second kappa shape index (κ2) is 6.88. The first-order chi connectivity index (χ1) is 9.70. The summed E-state index contributed by atoms with van der Waals surface area (Å²) in [4.78, 5) is 22.6. The molecule has 1 aliphatic rings. The van der Waals surface area contributed by atoms with E-state index in [9.17, 15) is 9.59 Å². The van der Waals surface area contributed by atoms with Crippen LogP contribution in [-0.2, 0) is 9.53 Å². The van der Waals surface area contributed by atoms with E-state index in [4.69, 9.17) is 4.52 Å². The summed E-state index contributed by atoms with van der Waals surface area (Å²) in [6.07, 6.45) is 7.39. The Morgan fingerprint density at radius 2 is 2.25 bits per heavy atom. The van der Waals surface area contributed by atoms with Crippen molar-refractivity contribution in [3.8, 4) is 0 Å². The predicted molar refractivity (Wildman–Crippen MR) is 71.2 cm³/mol. The average Bonchev–Trinajstić information content (AvgIpc) is 3.12. The van der Waals surface area contributed by atoms with E-state index in [-0.39, 0.29) is 18.2 Å². The lowest BCUT2D eigenvalue weighted by molar-refractivity contribution is -0.134. The normalized spacial score (nSPS) is 15.7. The van der Waals surface area contributed by atoms with Crippen molar-refractivity contribution in [3.05, 3.63) is 29.7 Å². The zero-order valence-electron chi connectivity index (χ0n) is 11.4. The Morgan fingerprint density at radius 3 is 2.95 bits per heavy atom. The Hall–Kier alpha value is -2.11. The molecular formula is C14H18N2O4. The van der Waals surface area contributed by atoms with Crippen LogP contribution in [0, 0.1) is 0 Å². The van der Waals surface area contributed by atoms with E-state index in [0.717, 1.165) is 18.5 Å². The summed E-state index contributed by atoms with van der Waals surface area (Å²) in [5.74, 6) is -0.170. The number of carbonyl (C=O) groups is 2. The maximum absolute atomic E-state index is 11.8. The van der Waals surface area contributed by atoms with Crippen LogP contribution < -0.4 is 5.32 Å². The summed E-state index contributed by atoms with van der Waals surface area (Å²) in [6.45, 7) is 0.230. The highest BCUT2D eigenvalue weighted by Gasteiger charge is 2.22. The van der Waals surface area contributed by atoms with E-state index in [0.29, 0.717) is 5.92 Å². The lowest BCUT2D eigenvalue weighted by Crippen LogP contribution is -2.23. The fourth-order valence-corrected chi connectivity index (χ4v) is 2.27. The summed E-state index contributed by atoms with van der Waals surface area (Å²) in [6, 6.07) is 1.70. The van der Waals surface area contributed by atoms with Gasteiger partial charge in [0.1, 0.15) is 0 Å². The van der Waals surface area contributed by atoms with Gasteiger partial charge >= 0.3 is 5.97 Å². The molecule has 1 aromatic rings. The third-order valence-corrected chi connectivity index (χ3v) is 3.36. The molecule has 6 nitrogen and oxygen atoms in total. The Balaban J connectivity index is 1.83. The van der Waals surface area contributed by atoms with Gasteiger partial charge in [0.2, 0.25) is 5.76 Å². The molecule has 0 unspecified atom stereocenters. The van der Waals surface area contributed by atoms with E-state index < -0.39 is 5.97 Å². The van der Waals surface area contributed by atoms with E-state index in [1.807, 2.05) is 0 Å². The third-order valence-electron chi connectivity index (χ3n) is 3.36. The Bertz CT molecular complexity index is 501. The van der Waals surface area contributed by atoms with Crippen molar-refractivity contribution in [3.63, 3.8) is 0 Å². The summed E-state index contributed by atoms with van der Waals surface area (Å²) in [5.41, 5.74) is 0.859. The minimum Gasteiger partial charge on any atom is -0.466 e. The van der Waals surface area contributed by atoms with Gasteiger partial charge in [-0.05, 0) is 12.8 Å². The molecule has 1 aliphatic carbocycles. The Labute approximate surface area is 117 Å². The second-order valence-corrected chi connectivity index (χ2v) is 4.73. The molecule has 0 aliphatic heterocycles. The number of ether oxygens (including phenoxy) is 1. The number of carbonyl (C=O) groups excluding carboxylic acids is 2. The van der Waals surface area contributed by atoms with Crippen LogP contribution in [0.1, 0.15) is 47.8 Å². The topological polar surface area (TPSA) is 81.4 Å². The zero-order valence-corrected chi connectivity index (χ0v) is 11.4. The van der Waals surface area contributed by atoms with Crippen molar-refractivity contribution in [1.29, 1.82) is 0 Å². The standard InChI is InChI=1S/C14H18N2O4/c1-19-13(17)7-4-8-15-14(18)12-9-11(16-20-12)10-5-2-3-6-10/h4,7,9-10H,2-3,5-6,8H2,1H3,(H,15,18)/b7-4+. The highest BCUT2D eigenvalue weighted by Crippen LogP contribution is 2.33. The first-order valence-corrected chi connectivity index (χ1v) is 6.70. The van der Waals surface area contributed by atoms with Gasteiger partial charge in [0.25, 0.3) is 5.91 Å². The van der Waals surface area contributed by atoms with E-state index in [1.165, 1.54) is 32.1 Å². The number of methoxy groups -OCH3 is 1. The van der Waals surface area contributed by atoms with E-state index in [2.05, 4.69) is 15.2 Å². The number of hydrogen-bond donors (Lipinski definition) is 1. The van der Waals surface area contributed by atoms with Gasteiger partial charge in [-0.3, -0.25) is 4.79 Å². The van der Waals surface area contributed by atoms with Crippen LogP contribution in [0.5, 0.6) is 0 Å². The molecule has 0 spiro atoms. The molecule has 1 N–H and O–H groups in total. The second-order valence-electron chi connectivity index (χ2n) is 4.73. The van der Waals surface area contributed by atoms with Gasteiger partial charge in [-0.25, -0.2) is 4.79 Å². The van der Waals surface area contributed by atoms with Gasteiger partial charge in [-0.1, -0.05) is 24.1 Å². The fourth-order valence-electron chi connectivity index (χ4n) is 2.27. The van der Waals surface area contributed by atoms with E-state index in [1.54, 1.807) is 6.07 Å². The van der Waals surface area contributed by atoms with Crippen molar-refractivity contribution in [2.24, 2.45) is 0 Å². The lowest BCUT2D eigenvalue weighted by Gasteiger charge is -2.00. The van der Waals surface area contributed by atoms with Gasteiger partial charge < -0.3 is 14.6 Å². The molecule has 0 atom stereocenters. The van der Waals surface area contributed by atoms with Crippen molar-refractivity contribution in [1.82, 2.24) is 10.5 Å². The Kier molecular flexibility index (Phi) is 4.92. The minimum atomic E-state index is -0.456. The highest BCUT2D eigenvalue weighted by atomic mass is 16.5. The van der Waals surface area contributed by atoms with Gasteiger partial charge in [0.15, 0.2) is 0 Å². The van der Waals surface area contributed by atoms with Crippen molar-refractivity contribution >= 4 is 11.9 Å². The fraction of sp³-hybridized carbons (Fsp3) is 0.500. The number of nitrogens with zero attached hydrogens (tertiary/aromatic N) is 1. The maximum Gasteiger partial charge on any atom is 0.330 e. The largest absolute Gasteiger partial charge is 0.466 e. The molecule has 1 saturated carbocycles. The molecule has 1 amide bonds.